The molecule has 5 aromatic rings. The largest absolute Gasteiger partial charge is 0.491 e. The van der Waals surface area contributed by atoms with Crippen LogP contribution < -0.4 is 36.9 Å². The number of aromatic nitrogens is 6. The van der Waals surface area contributed by atoms with Gasteiger partial charge in [0.15, 0.2) is 11.4 Å². The number of nitrogens with two attached hydrogens (primary N) is 2. The number of ether oxygens (including phenoxy) is 4. The predicted octanol–water partition coefficient (Wildman–Crippen LogP) is 5.49. The van der Waals surface area contributed by atoms with Crippen molar-refractivity contribution in [2.45, 2.75) is 79.6 Å². The first kappa shape index (κ1) is 49.8. The lowest BCUT2D eigenvalue weighted by atomic mass is 10.1. The number of hydrogen-bond acceptors (Lipinski definition) is 15. The van der Waals surface area contributed by atoms with Gasteiger partial charge in [0.25, 0.3) is 11.6 Å². The van der Waals surface area contributed by atoms with Gasteiger partial charge in [0.2, 0.25) is 17.8 Å². The van der Waals surface area contributed by atoms with Crippen molar-refractivity contribution in [3.05, 3.63) is 99.7 Å². The molecule has 0 bridgehead atoms. The summed E-state index contributed by atoms with van der Waals surface area (Å²) in [6, 6.07) is 6.89. The van der Waals surface area contributed by atoms with E-state index >= 15 is 0 Å². The van der Waals surface area contributed by atoms with Gasteiger partial charge in [-0.1, -0.05) is 18.2 Å². The van der Waals surface area contributed by atoms with E-state index in [1.807, 2.05) is 6.92 Å². The summed E-state index contributed by atoms with van der Waals surface area (Å²) < 4.78 is 27.0. The van der Waals surface area contributed by atoms with Gasteiger partial charge < -0.3 is 40.3 Å². The third-order valence-electron chi connectivity index (χ3n) is 9.33. The number of primary amides is 2. The molecule has 0 spiro atoms. The zero-order valence-corrected chi connectivity index (χ0v) is 38.0. The molecule has 356 valence electrons. The predicted molar refractivity (Wildman–Crippen MR) is 246 cm³/mol. The smallest absolute Gasteiger partial charge is 0.412 e. The van der Waals surface area contributed by atoms with Crippen molar-refractivity contribution < 1.29 is 47.8 Å². The van der Waals surface area contributed by atoms with Crippen LogP contribution in [0.4, 0.5) is 27.8 Å². The maximum Gasteiger partial charge on any atom is 0.412 e. The van der Waals surface area contributed by atoms with E-state index in [9.17, 15) is 34.1 Å². The van der Waals surface area contributed by atoms with Crippen LogP contribution in [0.15, 0.2) is 67.0 Å². The molecule has 0 unspecified atom stereocenters. The summed E-state index contributed by atoms with van der Waals surface area (Å²) in [7, 11) is 0. The molecule has 23 nitrogen and oxygen atoms in total. The molecule has 0 aliphatic heterocycles. The summed E-state index contributed by atoms with van der Waals surface area (Å²) in [6.07, 6.45) is 9.54. The number of fused-ring (bicyclic) bond motifs is 1. The third-order valence-corrected chi connectivity index (χ3v) is 9.33. The van der Waals surface area contributed by atoms with Crippen LogP contribution in [0.3, 0.4) is 0 Å². The lowest BCUT2D eigenvalue weighted by Crippen LogP contribution is -2.27. The molecule has 0 radical (unpaired) electrons. The molecule has 0 saturated heterocycles. The fourth-order valence-corrected chi connectivity index (χ4v) is 6.46. The highest BCUT2D eigenvalue weighted by Gasteiger charge is 2.24. The SMILES string of the molecule is CCOC(=O)CCCOc1cc(C(N)=O)cc2nc(NC(=O)c3cc(C)nn3CC)n(C/C=C/CNc3c(OC/C=C/Cn4cc(NC(=O)OC(C)(C)C)cn4)cc(C(N)=O)cc3[N+](=O)[O-])c12. The van der Waals surface area contributed by atoms with Crippen LogP contribution in [0.1, 0.15) is 84.4 Å². The molecule has 0 atom stereocenters. The van der Waals surface area contributed by atoms with E-state index in [1.165, 1.54) is 24.4 Å². The fourth-order valence-electron chi connectivity index (χ4n) is 6.46. The topological polar surface area (TPSA) is 307 Å². The monoisotopic (exact) mass is 926 g/mol. The molecular weight excluding hydrogens is 873 g/mol. The molecule has 5 rings (SSSR count). The first-order valence-electron chi connectivity index (χ1n) is 21.2. The number of nitrogens with zero attached hydrogens (tertiary/aromatic N) is 7. The Kier molecular flexibility index (Phi) is 16.8. The van der Waals surface area contributed by atoms with Crippen LogP contribution >= 0.6 is 0 Å². The second kappa shape index (κ2) is 22.6. The van der Waals surface area contributed by atoms with Gasteiger partial charge in [0.1, 0.15) is 29.2 Å². The van der Waals surface area contributed by atoms with E-state index in [0.29, 0.717) is 29.9 Å². The molecule has 3 aromatic heterocycles. The number of carbonyl (C=O) groups excluding carboxylic acids is 5. The van der Waals surface area contributed by atoms with E-state index < -0.39 is 46.0 Å². The molecule has 23 heteroatoms. The average molecular weight is 927 g/mol. The number of esters is 1. The number of amides is 4. The van der Waals surface area contributed by atoms with E-state index in [-0.39, 0.29) is 91.3 Å². The summed E-state index contributed by atoms with van der Waals surface area (Å²) in [6.45, 7) is 11.6. The van der Waals surface area contributed by atoms with Crippen LogP contribution in [0, 0.1) is 17.0 Å². The Hall–Kier alpha value is -8.24. The van der Waals surface area contributed by atoms with Crippen molar-refractivity contribution in [3.8, 4) is 11.5 Å². The minimum Gasteiger partial charge on any atom is -0.491 e. The Morgan fingerprint density at radius 2 is 1.63 bits per heavy atom. The number of imidazole rings is 1. The number of allylic oxidation sites excluding steroid dienone is 2. The molecule has 4 amide bonds. The van der Waals surface area contributed by atoms with Gasteiger partial charge in [0, 0.05) is 49.4 Å². The Morgan fingerprint density at radius 1 is 0.910 bits per heavy atom. The molecule has 7 N–H and O–H groups in total. The Labute approximate surface area is 384 Å². The lowest BCUT2D eigenvalue weighted by Gasteiger charge is -2.19. The molecule has 3 heterocycles. The molecule has 0 saturated carbocycles. The van der Waals surface area contributed by atoms with Crippen molar-refractivity contribution in [2.24, 2.45) is 11.5 Å². The van der Waals surface area contributed by atoms with E-state index in [2.05, 4.69) is 31.1 Å². The van der Waals surface area contributed by atoms with Crippen molar-refractivity contribution in [1.82, 2.24) is 29.1 Å². The fraction of sp³-hybridized carbons (Fsp3) is 0.364. The van der Waals surface area contributed by atoms with Crippen molar-refractivity contribution >= 4 is 63.8 Å². The number of rotatable bonds is 23. The Morgan fingerprint density at radius 3 is 2.31 bits per heavy atom. The van der Waals surface area contributed by atoms with Gasteiger partial charge in [-0.25, -0.2) is 9.78 Å². The third kappa shape index (κ3) is 13.9. The normalized spacial score (nSPS) is 11.5. The van der Waals surface area contributed by atoms with Gasteiger partial charge in [0.05, 0.1) is 47.8 Å². The Balaban J connectivity index is 1.37. The first-order chi connectivity index (χ1) is 31.9. The standard InChI is InChI=1S/C44H54N12O11/c1-7-55-33(20-27(3)52-55)41(60)51-42-50-31-21-28(39(45)58)24-35(66-19-13-14-36(57)64-8-2)38(31)54(42)17-10-9-15-47-37-32(56(62)63)22-29(40(46)59)23-34(37)65-18-12-11-16-53-26-30(25-48-53)49-43(61)67-44(4,5)6/h9-12,20-26,47H,7-8,13-19H2,1-6H3,(H2,45,58)(H2,46,59)(H,49,61)(H,50,51,60)/b10-9+,12-11+. The maximum absolute atomic E-state index is 13.7. The highest BCUT2D eigenvalue weighted by Crippen LogP contribution is 2.36. The summed E-state index contributed by atoms with van der Waals surface area (Å²) >= 11 is 0. The van der Waals surface area contributed by atoms with Crippen molar-refractivity contribution in [3.63, 3.8) is 0 Å². The van der Waals surface area contributed by atoms with Gasteiger partial charge in [-0.2, -0.15) is 10.2 Å². The van der Waals surface area contributed by atoms with E-state index in [0.717, 1.165) is 6.07 Å². The lowest BCUT2D eigenvalue weighted by molar-refractivity contribution is -0.384. The number of nitro groups is 1. The van der Waals surface area contributed by atoms with Gasteiger partial charge >= 0.3 is 12.1 Å². The number of carbonyl (C=O) groups is 5. The number of anilines is 3. The van der Waals surface area contributed by atoms with Gasteiger partial charge in [-0.3, -0.25) is 49.3 Å². The maximum atomic E-state index is 13.7. The van der Waals surface area contributed by atoms with Gasteiger partial charge in [-0.15, -0.1) is 0 Å². The van der Waals surface area contributed by atoms with Crippen LogP contribution in [0.5, 0.6) is 11.5 Å². The highest BCUT2D eigenvalue weighted by atomic mass is 16.6. The number of benzene rings is 2. The van der Waals surface area contributed by atoms with Crippen molar-refractivity contribution in [2.75, 3.05) is 42.3 Å². The van der Waals surface area contributed by atoms with Crippen LogP contribution in [-0.4, -0.2) is 95.8 Å². The molecule has 2 aromatic carbocycles. The summed E-state index contributed by atoms with van der Waals surface area (Å²) in [5.74, 6) is -2.28. The van der Waals surface area contributed by atoms with E-state index in [4.69, 9.17) is 30.4 Å². The van der Waals surface area contributed by atoms with Crippen LogP contribution in [0.2, 0.25) is 0 Å². The van der Waals surface area contributed by atoms with Crippen LogP contribution in [-0.2, 0) is 33.9 Å². The number of hydrogen-bond donors (Lipinski definition) is 5. The average Bonchev–Trinajstić information content (AvgIpc) is 3.97. The molecule has 67 heavy (non-hydrogen) atoms. The number of nitro benzene ring substituents is 1. The molecular formula is C44H54N12O11. The number of nitrogens with one attached hydrogen (secondary N) is 3. The summed E-state index contributed by atoms with van der Waals surface area (Å²) in [5, 5.41) is 29.3. The van der Waals surface area contributed by atoms with Gasteiger partial charge in [-0.05, 0) is 78.3 Å². The quantitative estimate of drug-likeness (QED) is 0.0178. The zero-order chi connectivity index (χ0) is 48.8. The first-order valence-corrected chi connectivity index (χ1v) is 21.2. The summed E-state index contributed by atoms with van der Waals surface area (Å²) in [5.41, 5.74) is 12.0. The number of aryl methyl sites for hydroxylation is 2. The molecule has 0 aliphatic carbocycles. The second-order valence-electron chi connectivity index (χ2n) is 15.7. The van der Waals surface area contributed by atoms with Crippen LogP contribution in [0.25, 0.3) is 11.0 Å². The zero-order valence-electron chi connectivity index (χ0n) is 38.0. The molecule has 0 aliphatic rings. The molecule has 0 fully saturated rings. The highest BCUT2D eigenvalue weighted by molar-refractivity contribution is 6.04. The van der Waals surface area contributed by atoms with Crippen molar-refractivity contribution in [1.29, 1.82) is 0 Å². The Bertz CT molecular complexity index is 2690. The second-order valence-corrected chi connectivity index (χ2v) is 15.7. The summed E-state index contributed by atoms with van der Waals surface area (Å²) in [4.78, 5) is 78.6. The van der Waals surface area contributed by atoms with E-state index in [1.54, 1.807) is 85.1 Å². The minimum absolute atomic E-state index is 0.00818. The minimum atomic E-state index is -0.903.